The number of carbonyl (C=O) groups is 1. The summed E-state index contributed by atoms with van der Waals surface area (Å²) in [6.45, 7) is 0.845. The summed E-state index contributed by atoms with van der Waals surface area (Å²) in [5.74, 6) is 0.751. The Morgan fingerprint density at radius 1 is 1.30 bits per heavy atom. The summed E-state index contributed by atoms with van der Waals surface area (Å²) in [5, 5.41) is 9.24. The molecule has 1 aliphatic heterocycles. The van der Waals surface area contributed by atoms with E-state index in [9.17, 15) is 9.90 Å². The third-order valence-electron chi connectivity index (χ3n) is 4.34. The maximum atomic E-state index is 12.1. The van der Waals surface area contributed by atoms with Gasteiger partial charge in [-0.05, 0) is 55.4 Å². The highest BCUT2D eigenvalue weighted by atomic mass is 16.5. The van der Waals surface area contributed by atoms with Gasteiger partial charge in [0.1, 0.15) is 5.75 Å². The molecule has 2 aliphatic rings. The fourth-order valence-electron chi connectivity index (χ4n) is 3.22. The third-order valence-corrected chi connectivity index (χ3v) is 4.34. The summed E-state index contributed by atoms with van der Waals surface area (Å²) in [5.41, 5.74) is 2.76. The molecule has 0 bridgehead atoms. The van der Waals surface area contributed by atoms with Gasteiger partial charge in [0, 0.05) is 6.54 Å². The maximum absolute atomic E-state index is 12.1. The number of aliphatic hydroxyl groups excluding tert-OH is 1. The zero-order valence-electron chi connectivity index (χ0n) is 11.7. The monoisotopic (exact) mass is 275 g/mol. The van der Waals surface area contributed by atoms with Crippen molar-refractivity contribution < 1.29 is 14.6 Å². The number of amides is 1. The summed E-state index contributed by atoms with van der Waals surface area (Å²) in [4.78, 5) is 13.9. The Balaban J connectivity index is 1.58. The summed E-state index contributed by atoms with van der Waals surface area (Å²) in [6, 6.07) is 6.09. The van der Waals surface area contributed by atoms with E-state index in [2.05, 4.69) is 12.1 Å². The van der Waals surface area contributed by atoms with Crippen LogP contribution in [0.1, 0.15) is 30.4 Å². The number of nitrogens with zero attached hydrogens (tertiary/aromatic N) is 1. The lowest BCUT2D eigenvalue weighted by Crippen LogP contribution is -2.40. The SMILES string of the molecule is O=C(COc1ccc2c(c1)CCC2)N1CCC[C@H]1CO. The van der Waals surface area contributed by atoms with Crippen LogP contribution in [0.5, 0.6) is 5.75 Å². The maximum Gasteiger partial charge on any atom is 0.260 e. The number of aryl methyl sites for hydroxylation is 2. The molecular weight excluding hydrogens is 254 g/mol. The van der Waals surface area contributed by atoms with Gasteiger partial charge in [-0.15, -0.1) is 0 Å². The van der Waals surface area contributed by atoms with Crippen molar-refractivity contribution in [2.24, 2.45) is 0 Å². The largest absolute Gasteiger partial charge is 0.484 e. The number of likely N-dealkylation sites (tertiary alicyclic amines) is 1. The van der Waals surface area contributed by atoms with Crippen LogP contribution in [0.4, 0.5) is 0 Å². The molecule has 4 heteroatoms. The average Bonchev–Trinajstić information content (AvgIpc) is 3.12. The first-order valence-corrected chi connectivity index (χ1v) is 7.43. The van der Waals surface area contributed by atoms with Crippen LogP contribution in [-0.2, 0) is 17.6 Å². The Labute approximate surface area is 119 Å². The van der Waals surface area contributed by atoms with E-state index in [1.54, 1.807) is 4.90 Å². The van der Waals surface area contributed by atoms with Gasteiger partial charge in [0.05, 0.1) is 12.6 Å². The molecule has 1 heterocycles. The van der Waals surface area contributed by atoms with Crippen molar-refractivity contribution in [3.63, 3.8) is 0 Å². The molecule has 3 rings (SSSR count). The van der Waals surface area contributed by atoms with Gasteiger partial charge >= 0.3 is 0 Å². The van der Waals surface area contributed by atoms with Crippen LogP contribution < -0.4 is 4.74 Å². The molecule has 0 radical (unpaired) electrons. The quantitative estimate of drug-likeness (QED) is 0.906. The van der Waals surface area contributed by atoms with E-state index >= 15 is 0 Å². The van der Waals surface area contributed by atoms with Crippen LogP contribution in [0.2, 0.25) is 0 Å². The molecule has 0 unspecified atom stereocenters. The van der Waals surface area contributed by atoms with Crippen molar-refractivity contribution >= 4 is 5.91 Å². The average molecular weight is 275 g/mol. The van der Waals surface area contributed by atoms with E-state index in [0.29, 0.717) is 0 Å². The van der Waals surface area contributed by atoms with E-state index in [4.69, 9.17) is 4.74 Å². The van der Waals surface area contributed by atoms with Gasteiger partial charge in [-0.2, -0.15) is 0 Å². The molecule has 0 aromatic heterocycles. The van der Waals surface area contributed by atoms with E-state index < -0.39 is 0 Å². The Hall–Kier alpha value is -1.55. The van der Waals surface area contributed by atoms with E-state index in [1.807, 2.05) is 6.07 Å². The number of aliphatic hydroxyl groups is 1. The predicted octanol–water partition coefficient (Wildman–Crippen LogP) is 1.54. The molecular formula is C16H21NO3. The molecule has 1 N–H and O–H groups in total. The van der Waals surface area contributed by atoms with Crippen molar-refractivity contribution in [3.05, 3.63) is 29.3 Å². The van der Waals surface area contributed by atoms with E-state index in [1.165, 1.54) is 17.5 Å². The van der Waals surface area contributed by atoms with Crippen molar-refractivity contribution in [3.8, 4) is 5.75 Å². The molecule has 1 atom stereocenters. The van der Waals surface area contributed by atoms with Gasteiger partial charge in [-0.3, -0.25) is 4.79 Å². The lowest BCUT2D eigenvalue weighted by atomic mass is 10.1. The van der Waals surface area contributed by atoms with Crippen LogP contribution in [0.15, 0.2) is 18.2 Å². The number of fused-ring (bicyclic) bond motifs is 1. The minimum Gasteiger partial charge on any atom is -0.484 e. The van der Waals surface area contributed by atoms with E-state index in [0.717, 1.165) is 38.0 Å². The number of hydrogen-bond acceptors (Lipinski definition) is 3. The number of benzene rings is 1. The second-order valence-corrected chi connectivity index (χ2v) is 5.64. The highest BCUT2D eigenvalue weighted by Gasteiger charge is 2.28. The minimum atomic E-state index is -0.0259. The van der Waals surface area contributed by atoms with Crippen molar-refractivity contribution in [2.75, 3.05) is 19.8 Å². The van der Waals surface area contributed by atoms with Crippen LogP contribution in [0.3, 0.4) is 0 Å². The standard InChI is InChI=1S/C16H21NO3/c18-10-14-5-2-8-17(14)16(19)11-20-15-7-6-12-3-1-4-13(12)9-15/h6-7,9,14,18H,1-5,8,10-11H2/t14-/m0/s1. The van der Waals surface area contributed by atoms with Gasteiger partial charge in [0.2, 0.25) is 0 Å². The second-order valence-electron chi connectivity index (χ2n) is 5.64. The number of ether oxygens (including phenoxy) is 1. The van der Waals surface area contributed by atoms with Gasteiger partial charge in [0.25, 0.3) is 5.91 Å². The van der Waals surface area contributed by atoms with Crippen molar-refractivity contribution in [1.82, 2.24) is 4.90 Å². The molecule has 1 aromatic rings. The Morgan fingerprint density at radius 3 is 3.00 bits per heavy atom. The molecule has 1 amide bonds. The summed E-state index contributed by atoms with van der Waals surface area (Å²) >= 11 is 0. The Bertz CT molecular complexity index is 500. The normalized spacial score (nSPS) is 21.1. The number of rotatable bonds is 4. The molecule has 1 aliphatic carbocycles. The minimum absolute atomic E-state index is 0.0221. The molecule has 108 valence electrons. The lowest BCUT2D eigenvalue weighted by Gasteiger charge is -2.23. The topological polar surface area (TPSA) is 49.8 Å². The molecule has 1 saturated heterocycles. The van der Waals surface area contributed by atoms with Crippen LogP contribution in [0.25, 0.3) is 0 Å². The van der Waals surface area contributed by atoms with Gasteiger partial charge in [-0.1, -0.05) is 6.07 Å². The molecule has 0 spiro atoms. The Kier molecular flexibility index (Phi) is 3.92. The van der Waals surface area contributed by atoms with E-state index in [-0.39, 0.29) is 25.2 Å². The van der Waals surface area contributed by atoms with Gasteiger partial charge in [-0.25, -0.2) is 0 Å². The first kappa shape index (κ1) is 13.4. The molecule has 20 heavy (non-hydrogen) atoms. The second kappa shape index (κ2) is 5.83. The molecule has 1 aromatic carbocycles. The van der Waals surface area contributed by atoms with Crippen molar-refractivity contribution in [1.29, 1.82) is 0 Å². The number of carbonyl (C=O) groups excluding carboxylic acids is 1. The highest BCUT2D eigenvalue weighted by Crippen LogP contribution is 2.26. The van der Waals surface area contributed by atoms with Gasteiger partial charge < -0.3 is 14.7 Å². The zero-order chi connectivity index (χ0) is 13.9. The fourth-order valence-corrected chi connectivity index (χ4v) is 3.22. The van der Waals surface area contributed by atoms with Crippen LogP contribution in [0, 0.1) is 0 Å². The Morgan fingerprint density at radius 2 is 2.15 bits per heavy atom. The smallest absolute Gasteiger partial charge is 0.260 e. The first-order valence-electron chi connectivity index (χ1n) is 7.43. The summed E-state index contributed by atoms with van der Waals surface area (Å²) in [6.07, 6.45) is 5.33. The van der Waals surface area contributed by atoms with Gasteiger partial charge in [0.15, 0.2) is 6.61 Å². The summed E-state index contributed by atoms with van der Waals surface area (Å²) < 4.78 is 5.63. The third kappa shape index (κ3) is 2.66. The first-order chi connectivity index (χ1) is 9.78. The fraction of sp³-hybridized carbons (Fsp3) is 0.562. The molecule has 4 nitrogen and oxygen atoms in total. The highest BCUT2D eigenvalue weighted by molar-refractivity contribution is 5.78. The summed E-state index contributed by atoms with van der Waals surface area (Å²) in [7, 11) is 0. The van der Waals surface area contributed by atoms with Crippen LogP contribution >= 0.6 is 0 Å². The predicted molar refractivity (Wildman–Crippen MR) is 75.8 cm³/mol. The van der Waals surface area contributed by atoms with Crippen LogP contribution in [-0.4, -0.2) is 41.7 Å². The molecule has 0 saturated carbocycles. The molecule has 1 fully saturated rings. The lowest BCUT2D eigenvalue weighted by molar-refractivity contribution is -0.134. The zero-order valence-corrected chi connectivity index (χ0v) is 11.7. The van der Waals surface area contributed by atoms with Crippen molar-refractivity contribution in [2.45, 2.75) is 38.1 Å². The number of hydrogen-bond donors (Lipinski definition) is 1.